The molecule has 0 aromatic heterocycles. The number of sulfonamides is 1. The average Bonchev–Trinajstić information content (AvgIpc) is 3.30. The van der Waals surface area contributed by atoms with Crippen LogP contribution in [0.4, 0.5) is 5.69 Å². The Balaban J connectivity index is 1.47. The van der Waals surface area contributed by atoms with Gasteiger partial charge >= 0.3 is 0 Å². The van der Waals surface area contributed by atoms with E-state index in [-0.39, 0.29) is 12.5 Å². The summed E-state index contributed by atoms with van der Waals surface area (Å²) in [6, 6.07) is 16.5. The van der Waals surface area contributed by atoms with E-state index in [0.717, 1.165) is 29.0 Å². The highest BCUT2D eigenvalue weighted by Gasteiger charge is 2.21. The monoisotopic (exact) mass is 460 g/mol. The Morgan fingerprint density at radius 3 is 2.41 bits per heavy atom. The topological polar surface area (TPSA) is 84.9 Å². The smallest absolute Gasteiger partial charge is 0.240 e. The van der Waals surface area contributed by atoms with E-state index < -0.39 is 10.0 Å². The number of anilines is 1. The number of hydrogen-bond acceptors (Lipinski definition) is 5. The van der Waals surface area contributed by atoms with Crippen molar-refractivity contribution >= 4 is 21.6 Å². The molecule has 0 atom stereocenters. The fourth-order valence-corrected chi connectivity index (χ4v) is 4.50. The lowest BCUT2D eigenvalue weighted by Crippen LogP contribution is -2.40. The minimum absolute atomic E-state index is 0.271. The van der Waals surface area contributed by atoms with Crippen LogP contribution in [0.2, 0.25) is 0 Å². The molecular weight excluding hydrogens is 428 g/mol. The zero-order valence-corrected chi connectivity index (χ0v) is 19.4. The van der Waals surface area contributed by atoms with E-state index in [1.807, 2.05) is 30.3 Å². The first-order valence-corrected chi connectivity index (χ1v) is 12.9. The number of ether oxygens (including phenoxy) is 2. The molecular formula is C24H32N2O5S. The fraction of sp³-hybridized carbons (Fsp3) is 0.458. The van der Waals surface area contributed by atoms with Crippen molar-refractivity contribution in [2.45, 2.75) is 44.8 Å². The van der Waals surface area contributed by atoms with Gasteiger partial charge in [-0.2, -0.15) is 0 Å². The molecule has 0 unspecified atom stereocenters. The summed E-state index contributed by atoms with van der Waals surface area (Å²) in [5, 5.41) is 2.78. The fourth-order valence-electron chi connectivity index (χ4n) is 3.64. The third kappa shape index (κ3) is 7.84. The molecule has 2 aromatic carbocycles. The molecule has 32 heavy (non-hydrogen) atoms. The molecule has 1 amide bonds. The highest BCUT2D eigenvalue weighted by molar-refractivity contribution is 7.92. The van der Waals surface area contributed by atoms with E-state index >= 15 is 0 Å². The van der Waals surface area contributed by atoms with Gasteiger partial charge in [0.1, 0.15) is 18.9 Å². The Hall–Kier alpha value is -2.58. The average molecular weight is 461 g/mol. The molecule has 0 bridgehead atoms. The number of rotatable bonds is 12. The van der Waals surface area contributed by atoms with Gasteiger partial charge in [0, 0.05) is 13.2 Å². The lowest BCUT2D eigenvalue weighted by molar-refractivity contribution is -0.119. The largest absolute Gasteiger partial charge is 0.489 e. The van der Waals surface area contributed by atoms with Gasteiger partial charge in [0.25, 0.3) is 0 Å². The van der Waals surface area contributed by atoms with Crippen molar-refractivity contribution in [3.05, 3.63) is 60.2 Å². The first-order valence-electron chi connectivity index (χ1n) is 11.0. The molecule has 1 fully saturated rings. The first kappa shape index (κ1) is 24.1. The highest BCUT2D eigenvalue weighted by Crippen LogP contribution is 2.22. The maximum absolute atomic E-state index is 12.3. The van der Waals surface area contributed by atoms with Gasteiger partial charge in [-0.3, -0.25) is 9.10 Å². The predicted octanol–water partition coefficient (Wildman–Crippen LogP) is 3.50. The molecule has 1 N–H and O–H groups in total. The third-order valence-electron chi connectivity index (χ3n) is 5.36. The van der Waals surface area contributed by atoms with Crippen molar-refractivity contribution in [3.8, 4) is 5.75 Å². The second kappa shape index (κ2) is 11.9. The van der Waals surface area contributed by atoms with E-state index in [1.54, 1.807) is 24.3 Å². The molecule has 8 heteroatoms. The number of nitrogens with zero attached hydrogens (tertiary/aromatic N) is 1. The molecule has 0 heterocycles. The molecule has 1 saturated carbocycles. The minimum atomic E-state index is -3.62. The molecule has 1 aliphatic carbocycles. The number of amides is 1. The molecule has 2 aromatic rings. The molecule has 0 aliphatic heterocycles. The Kier molecular flexibility index (Phi) is 8.93. The second-order valence-corrected chi connectivity index (χ2v) is 9.93. The van der Waals surface area contributed by atoms with Gasteiger partial charge in [-0.15, -0.1) is 0 Å². The quantitative estimate of drug-likeness (QED) is 0.490. The van der Waals surface area contributed by atoms with Crippen molar-refractivity contribution in [2.75, 3.05) is 30.3 Å². The summed E-state index contributed by atoms with van der Waals surface area (Å²) >= 11 is 0. The Bertz CT molecular complexity index is 942. The molecule has 174 valence electrons. The van der Waals surface area contributed by atoms with Crippen LogP contribution in [-0.2, 0) is 26.2 Å². The maximum Gasteiger partial charge on any atom is 0.240 e. The SMILES string of the molecule is CS(=O)(=O)N(CC(=O)NCCCOC1CCCC1)c1ccc(OCc2ccccc2)cc1. The number of carbonyl (C=O) groups excluding carboxylic acids is 1. The molecule has 0 saturated heterocycles. The number of hydrogen-bond donors (Lipinski definition) is 1. The van der Waals surface area contributed by atoms with E-state index in [0.29, 0.717) is 43.7 Å². The van der Waals surface area contributed by atoms with E-state index in [9.17, 15) is 13.2 Å². The van der Waals surface area contributed by atoms with Crippen LogP contribution in [0.25, 0.3) is 0 Å². The third-order valence-corrected chi connectivity index (χ3v) is 6.50. The normalized spacial score (nSPS) is 14.3. The van der Waals surface area contributed by atoms with Crippen LogP contribution in [0.5, 0.6) is 5.75 Å². The molecule has 7 nitrogen and oxygen atoms in total. The molecule has 3 rings (SSSR count). The van der Waals surface area contributed by atoms with Crippen LogP contribution < -0.4 is 14.4 Å². The second-order valence-electron chi connectivity index (χ2n) is 8.02. The van der Waals surface area contributed by atoms with Crippen molar-refractivity contribution in [1.29, 1.82) is 0 Å². The Labute approximate surface area is 190 Å². The Morgan fingerprint density at radius 2 is 1.75 bits per heavy atom. The van der Waals surface area contributed by atoms with Gasteiger partial charge in [-0.1, -0.05) is 43.2 Å². The summed E-state index contributed by atoms with van der Waals surface area (Å²) in [6.45, 7) is 1.20. The zero-order chi connectivity index (χ0) is 22.8. The maximum atomic E-state index is 12.3. The predicted molar refractivity (Wildman–Crippen MR) is 125 cm³/mol. The zero-order valence-electron chi connectivity index (χ0n) is 18.5. The lowest BCUT2D eigenvalue weighted by Gasteiger charge is -2.22. The summed E-state index contributed by atoms with van der Waals surface area (Å²) in [4.78, 5) is 12.3. The minimum Gasteiger partial charge on any atom is -0.489 e. The van der Waals surface area contributed by atoms with Crippen LogP contribution in [0, 0.1) is 0 Å². The van der Waals surface area contributed by atoms with Crippen LogP contribution in [-0.4, -0.2) is 46.4 Å². The highest BCUT2D eigenvalue weighted by atomic mass is 32.2. The summed E-state index contributed by atoms with van der Waals surface area (Å²) in [5.74, 6) is 0.276. The van der Waals surface area contributed by atoms with Gasteiger partial charge in [0.05, 0.1) is 18.0 Å². The van der Waals surface area contributed by atoms with E-state index in [1.165, 1.54) is 12.8 Å². The summed E-state index contributed by atoms with van der Waals surface area (Å²) in [5.41, 5.74) is 1.46. The summed E-state index contributed by atoms with van der Waals surface area (Å²) in [7, 11) is -3.62. The molecule has 1 aliphatic rings. The van der Waals surface area contributed by atoms with Gasteiger partial charge in [0.2, 0.25) is 15.9 Å². The number of benzene rings is 2. The summed E-state index contributed by atoms with van der Waals surface area (Å²) in [6.07, 6.45) is 6.83. The number of nitrogens with one attached hydrogen (secondary N) is 1. The van der Waals surface area contributed by atoms with Crippen LogP contribution in [0.1, 0.15) is 37.7 Å². The Morgan fingerprint density at radius 1 is 1.06 bits per heavy atom. The standard InChI is InChI=1S/C24H32N2O5S/c1-32(28,29)26(18-24(27)25-16-7-17-30-22-10-5-6-11-22)21-12-14-23(15-13-21)31-19-20-8-3-2-4-9-20/h2-4,8-9,12-15,22H,5-7,10-11,16-19H2,1H3,(H,25,27). The van der Waals surface area contributed by atoms with Gasteiger partial charge in [-0.25, -0.2) is 8.42 Å². The van der Waals surface area contributed by atoms with Crippen molar-refractivity contribution in [2.24, 2.45) is 0 Å². The van der Waals surface area contributed by atoms with Gasteiger partial charge < -0.3 is 14.8 Å². The van der Waals surface area contributed by atoms with Crippen LogP contribution in [0.3, 0.4) is 0 Å². The van der Waals surface area contributed by atoms with Crippen LogP contribution >= 0.6 is 0 Å². The molecule has 0 radical (unpaired) electrons. The lowest BCUT2D eigenvalue weighted by atomic mass is 10.2. The van der Waals surface area contributed by atoms with Crippen molar-refractivity contribution < 1.29 is 22.7 Å². The number of carbonyl (C=O) groups is 1. The molecule has 0 spiro atoms. The van der Waals surface area contributed by atoms with Crippen molar-refractivity contribution in [1.82, 2.24) is 5.32 Å². The first-order chi connectivity index (χ1) is 15.4. The van der Waals surface area contributed by atoms with Gasteiger partial charge in [0.15, 0.2) is 0 Å². The van der Waals surface area contributed by atoms with Crippen molar-refractivity contribution in [3.63, 3.8) is 0 Å². The van der Waals surface area contributed by atoms with E-state index in [2.05, 4.69) is 5.32 Å². The van der Waals surface area contributed by atoms with Crippen LogP contribution in [0.15, 0.2) is 54.6 Å². The van der Waals surface area contributed by atoms with E-state index in [4.69, 9.17) is 9.47 Å². The summed E-state index contributed by atoms with van der Waals surface area (Å²) < 4.78 is 37.2. The van der Waals surface area contributed by atoms with Gasteiger partial charge in [-0.05, 0) is 49.1 Å².